The molecule has 6 heteroatoms. The van der Waals surface area contributed by atoms with E-state index in [0.717, 1.165) is 40.7 Å². The molecule has 114 valence electrons. The van der Waals surface area contributed by atoms with E-state index in [1.165, 1.54) is 0 Å². The zero-order valence-electron chi connectivity index (χ0n) is 12.9. The Hall–Kier alpha value is -1.82. The highest BCUT2D eigenvalue weighted by molar-refractivity contribution is 7.14. The van der Waals surface area contributed by atoms with Crippen LogP contribution in [-0.2, 0) is 4.74 Å². The van der Waals surface area contributed by atoms with Crippen molar-refractivity contribution >= 4 is 22.4 Å². The minimum absolute atomic E-state index is 0.283. The summed E-state index contributed by atoms with van der Waals surface area (Å²) >= 11 is 1.57. The van der Waals surface area contributed by atoms with Crippen LogP contribution in [0.3, 0.4) is 0 Å². The third kappa shape index (κ3) is 3.26. The van der Waals surface area contributed by atoms with Gasteiger partial charge in [-0.2, -0.15) is 0 Å². The molecule has 5 nitrogen and oxygen atoms in total. The molecule has 0 spiro atoms. The molecule has 0 saturated heterocycles. The highest BCUT2D eigenvalue weighted by Crippen LogP contribution is 2.30. The monoisotopic (exact) mass is 307 g/mol. The molecule has 0 aromatic carbocycles. The Labute approximate surface area is 128 Å². The van der Waals surface area contributed by atoms with Gasteiger partial charge in [0.1, 0.15) is 5.69 Å². The van der Waals surface area contributed by atoms with Crippen LogP contribution in [-0.4, -0.2) is 29.1 Å². The molecular formula is C15H21N3O2S. The number of ether oxygens (including phenoxy) is 1. The number of hydrogen-bond acceptors (Lipinski definition) is 5. The van der Waals surface area contributed by atoms with Gasteiger partial charge in [0.15, 0.2) is 5.13 Å². The first-order valence-electron chi connectivity index (χ1n) is 7.14. The minimum atomic E-state index is -0.283. The van der Waals surface area contributed by atoms with Crippen molar-refractivity contribution in [2.75, 3.05) is 18.5 Å². The van der Waals surface area contributed by atoms with Gasteiger partial charge in [-0.25, -0.2) is 9.78 Å². The average Bonchev–Trinajstić information content (AvgIpc) is 3.01. The Morgan fingerprint density at radius 3 is 2.86 bits per heavy atom. The van der Waals surface area contributed by atoms with E-state index < -0.39 is 0 Å². The number of esters is 1. The molecule has 0 bridgehead atoms. The molecule has 0 unspecified atom stereocenters. The second-order valence-corrected chi connectivity index (χ2v) is 5.67. The van der Waals surface area contributed by atoms with Gasteiger partial charge < -0.3 is 15.0 Å². The summed E-state index contributed by atoms with van der Waals surface area (Å²) in [7, 11) is 0. The molecule has 0 fully saturated rings. The third-order valence-corrected chi connectivity index (χ3v) is 4.00. The molecule has 0 aliphatic heterocycles. The highest BCUT2D eigenvalue weighted by atomic mass is 32.1. The number of aryl methyl sites for hydroxylation is 1. The van der Waals surface area contributed by atoms with Crippen molar-refractivity contribution in [3.8, 4) is 11.4 Å². The van der Waals surface area contributed by atoms with Crippen LogP contribution >= 0.6 is 11.3 Å². The topological polar surface area (TPSA) is 67.0 Å². The lowest BCUT2D eigenvalue weighted by Crippen LogP contribution is -2.06. The maximum Gasteiger partial charge on any atom is 0.340 e. The first-order chi connectivity index (χ1) is 10.1. The number of nitrogens with zero attached hydrogens (tertiary/aromatic N) is 1. The summed E-state index contributed by atoms with van der Waals surface area (Å²) in [6.07, 6.45) is 1.06. The van der Waals surface area contributed by atoms with Crippen molar-refractivity contribution in [1.29, 1.82) is 0 Å². The molecule has 0 atom stereocenters. The van der Waals surface area contributed by atoms with Crippen LogP contribution in [0.25, 0.3) is 11.4 Å². The van der Waals surface area contributed by atoms with Crippen molar-refractivity contribution in [3.05, 3.63) is 22.2 Å². The Kier molecular flexibility index (Phi) is 5.01. The summed E-state index contributed by atoms with van der Waals surface area (Å²) in [5.74, 6) is -0.283. The Bertz CT molecular complexity index is 631. The molecule has 0 saturated carbocycles. The lowest BCUT2D eigenvalue weighted by Gasteiger charge is -2.02. The van der Waals surface area contributed by atoms with Crippen LogP contribution in [0.15, 0.2) is 5.38 Å². The smallest absolute Gasteiger partial charge is 0.340 e. The summed E-state index contributed by atoms with van der Waals surface area (Å²) in [5, 5.41) is 6.16. The summed E-state index contributed by atoms with van der Waals surface area (Å²) in [5.41, 5.74) is 4.06. The maximum absolute atomic E-state index is 12.0. The third-order valence-electron chi connectivity index (χ3n) is 3.20. The molecule has 0 aliphatic carbocycles. The van der Waals surface area contributed by atoms with E-state index in [4.69, 9.17) is 4.74 Å². The van der Waals surface area contributed by atoms with Crippen molar-refractivity contribution in [3.63, 3.8) is 0 Å². The molecule has 2 N–H and O–H groups in total. The number of aromatic nitrogens is 2. The van der Waals surface area contributed by atoms with Crippen LogP contribution in [0.4, 0.5) is 5.13 Å². The van der Waals surface area contributed by atoms with Crippen LogP contribution < -0.4 is 5.32 Å². The van der Waals surface area contributed by atoms with Crippen molar-refractivity contribution in [1.82, 2.24) is 9.97 Å². The van der Waals surface area contributed by atoms with E-state index in [1.807, 2.05) is 26.2 Å². The van der Waals surface area contributed by atoms with E-state index in [0.29, 0.717) is 12.2 Å². The Balaban J connectivity index is 2.30. The van der Waals surface area contributed by atoms with Gasteiger partial charge in [-0.15, -0.1) is 11.3 Å². The maximum atomic E-state index is 12.0. The van der Waals surface area contributed by atoms with Crippen molar-refractivity contribution in [2.24, 2.45) is 0 Å². The molecule has 0 radical (unpaired) electrons. The number of nitrogens with one attached hydrogen (secondary N) is 2. The predicted octanol–water partition coefficient (Wildman–Crippen LogP) is 3.75. The van der Waals surface area contributed by atoms with Crippen LogP contribution in [0.2, 0.25) is 0 Å². The van der Waals surface area contributed by atoms with Crippen LogP contribution in [0, 0.1) is 13.8 Å². The zero-order valence-corrected chi connectivity index (χ0v) is 13.7. The number of carbonyl (C=O) groups excluding carboxylic acids is 1. The van der Waals surface area contributed by atoms with E-state index in [-0.39, 0.29) is 5.97 Å². The number of hydrogen-bond donors (Lipinski definition) is 2. The van der Waals surface area contributed by atoms with Gasteiger partial charge in [0.2, 0.25) is 0 Å². The normalized spacial score (nSPS) is 10.7. The molecule has 2 aromatic heterocycles. The van der Waals surface area contributed by atoms with E-state index in [9.17, 15) is 4.79 Å². The molecule has 21 heavy (non-hydrogen) atoms. The van der Waals surface area contributed by atoms with Gasteiger partial charge in [-0.3, -0.25) is 0 Å². The zero-order chi connectivity index (χ0) is 15.4. The molecule has 0 aliphatic rings. The van der Waals surface area contributed by atoms with Crippen molar-refractivity contribution < 1.29 is 9.53 Å². The summed E-state index contributed by atoms with van der Waals surface area (Å²) in [6.45, 7) is 9.01. The summed E-state index contributed by atoms with van der Waals surface area (Å²) in [4.78, 5) is 19.8. The van der Waals surface area contributed by atoms with Crippen molar-refractivity contribution in [2.45, 2.75) is 34.1 Å². The number of H-pyrrole nitrogens is 1. The standard InChI is InChI=1S/C15H21N3O2S/c1-5-7-16-15-18-11(8-21-15)13-9(3)12(10(4)17-13)14(19)20-6-2/h8,17H,5-7H2,1-4H3,(H,16,18). The van der Waals surface area contributed by atoms with Crippen LogP contribution in [0.1, 0.15) is 41.9 Å². The first-order valence-corrected chi connectivity index (χ1v) is 8.02. The minimum Gasteiger partial charge on any atom is -0.462 e. The Morgan fingerprint density at radius 2 is 2.19 bits per heavy atom. The summed E-state index contributed by atoms with van der Waals surface area (Å²) < 4.78 is 5.11. The fourth-order valence-electron chi connectivity index (χ4n) is 2.22. The highest BCUT2D eigenvalue weighted by Gasteiger charge is 2.21. The average molecular weight is 307 g/mol. The second-order valence-electron chi connectivity index (χ2n) is 4.81. The van der Waals surface area contributed by atoms with Gasteiger partial charge in [0.05, 0.1) is 17.9 Å². The second kappa shape index (κ2) is 6.76. The Morgan fingerprint density at radius 1 is 1.43 bits per heavy atom. The lowest BCUT2D eigenvalue weighted by atomic mass is 10.1. The van der Waals surface area contributed by atoms with Gasteiger partial charge in [-0.05, 0) is 32.8 Å². The number of anilines is 1. The fourth-order valence-corrected chi connectivity index (χ4v) is 2.95. The molecule has 2 rings (SSSR count). The molecular weight excluding hydrogens is 286 g/mol. The molecule has 2 aromatic rings. The lowest BCUT2D eigenvalue weighted by molar-refractivity contribution is 0.0525. The van der Waals surface area contributed by atoms with Crippen LogP contribution in [0.5, 0.6) is 0 Å². The van der Waals surface area contributed by atoms with E-state index in [1.54, 1.807) is 11.3 Å². The quantitative estimate of drug-likeness (QED) is 0.798. The first kappa shape index (κ1) is 15.6. The fraction of sp³-hybridized carbons (Fsp3) is 0.467. The predicted molar refractivity (Wildman–Crippen MR) is 86.1 cm³/mol. The molecule has 2 heterocycles. The van der Waals surface area contributed by atoms with Gasteiger partial charge in [0.25, 0.3) is 0 Å². The largest absolute Gasteiger partial charge is 0.462 e. The van der Waals surface area contributed by atoms with E-state index in [2.05, 4.69) is 22.2 Å². The van der Waals surface area contributed by atoms with Gasteiger partial charge in [0, 0.05) is 17.6 Å². The number of aromatic amines is 1. The van der Waals surface area contributed by atoms with E-state index >= 15 is 0 Å². The van der Waals surface area contributed by atoms with Gasteiger partial charge >= 0.3 is 5.97 Å². The number of carbonyl (C=O) groups is 1. The number of thiazole rings is 1. The SMILES string of the molecule is CCCNc1nc(-c2[nH]c(C)c(C(=O)OCC)c2C)cs1. The summed E-state index contributed by atoms with van der Waals surface area (Å²) in [6, 6.07) is 0. The number of rotatable bonds is 6. The van der Waals surface area contributed by atoms with Gasteiger partial charge in [-0.1, -0.05) is 6.92 Å². The molecule has 0 amide bonds.